The maximum absolute atomic E-state index is 11.8. The summed E-state index contributed by atoms with van der Waals surface area (Å²) < 4.78 is 5.01. The van der Waals surface area contributed by atoms with E-state index in [4.69, 9.17) is 4.74 Å². The summed E-state index contributed by atoms with van der Waals surface area (Å²) in [5.74, 6) is -0.315. The van der Waals surface area contributed by atoms with Gasteiger partial charge in [-0.1, -0.05) is 18.2 Å². The number of benzene rings is 2. The van der Waals surface area contributed by atoms with Crippen molar-refractivity contribution in [1.82, 2.24) is 10.2 Å². The van der Waals surface area contributed by atoms with Gasteiger partial charge in [0, 0.05) is 10.8 Å². The Kier molecular flexibility index (Phi) is 2.83. The van der Waals surface area contributed by atoms with E-state index in [0.29, 0.717) is 12.2 Å². The van der Waals surface area contributed by atoms with E-state index in [2.05, 4.69) is 10.2 Å². The largest absolute Gasteiger partial charge is 0.462 e. The molecule has 2 aromatic carbocycles. The molecular formula is C15H12N2O2. The Morgan fingerprint density at radius 1 is 1.05 bits per heavy atom. The molecule has 0 saturated carbocycles. The van der Waals surface area contributed by atoms with Crippen LogP contribution in [0.2, 0.25) is 0 Å². The molecule has 0 bridgehead atoms. The molecule has 0 amide bonds. The van der Waals surface area contributed by atoms with E-state index in [0.717, 1.165) is 21.8 Å². The molecule has 0 saturated heterocycles. The van der Waals surface area contributed by atoms with Crippen molar-refractivity contribution >= 4 is 27.8 Å². The maximum atomic E-state index is 11.8. The number of esters is 1. The summed E-state index contributed by atoms with van der Waals surface area (Å²) in [5, 5.41) is 10.2. The standard InChI is InChI=1S/C15H12N2O2/c1-2-19-15(18)10-7-8-14-12(9-10)11-5-3-4-6-13(11)16-17-14/h3-9H,2H2,1H3. The molecule has 19 heavy (non-hydrogen) atoms. The Morgan fingerprint density at radius 2 is 1.79 bits per heavy atom. The molecule has 1 aromatic heterocycles. The number of rotatable bonds is 2. The number of hydrogen-bond donors (Lipinski definition) is 0. The summed E-state index contributed by atoms with van der Waals surface area (Å²) in [6.45, 7) is 2.16. The lowest BCUT2D eigenvalue weighted by molar-refractivity contribution is 0.0526. The first-order valence-corrected chi connectivity index (χ1v) is 6.12. The highest BCUT2D eigenvalue weighted by Crippen LogP contribution is 2.22. The van der Waals surface area contributed by atoms with Gasteiger partial charge < -0.3 is 4.74 Å². The van der Waals surface area contributed by atoms with Crippen LogP contribution in [-0.2, 0) is 4.74 Å². The third kappa shape index (κ3) is 2.01. The highest BCUT2D eigenvalue weighted by Gasteiger charge is 2.09. The second-order valence-corrected chi connectivity index (χ2v) is 4.17. The van der Waals surface area contributed by atoms with Crippen LogP contribution in [0.15, 0.2) is 42.5 Å². The fourth-order valence-corrected chi connectivity index (χ4v) is 2.08. The Morgan fingerprint density at radius 3 is 2.58 bits per heavy atom. The predicted molar refractivity (Wildman–Crippen MR) is 73.0 cm³/mol. The lowest BCUT2D eigenvalue weighted by atomic mass is 10.1. The van der Waals surface area contributed by atoms with Gasteiger partial charge in [-0.15, -0.1) is 10.2 Å². The molecule has 0 fully saturated rings. The number of nitrogens with zero attached hydrogens (tertiary/aromatic N) is 2. The summed E-state index contributed by atoms with van der Waals surface area (Å²) in [6.07, 6.45) is 0. The van der Waals surface area contributed by atoms with E-state index >= 15 is 0 Å². The highest BCUT2D eigenvalue weighted by molar-refractivity contribution is 6.06. The number of hydrogen-bond acceptors (Lipinski definition) is 4. The van der Waals surface area contributed by atoms with Crippen molar-refractivity contribution in [2.75, 3.05) is 6.61 Å². The summed E-state index contributed by atoms with van der Waals surface area (Å²) >= 11 is 0. The molecule has 1 heterocycles. The molecule has 0 aliphatic carbocycles. The molecule has 0 radical (unpaired) electrons. The van der Waals surface area contributed by atoms with Gasteiger partial charge in [-0.25, -0.2) is 4.79 Å². The summed E-state index contributed by atoms with van der Waals surface area (Å²) in [6, 6.07) is 13.0. The van der Waals surface area contributed by atoms with Gasteiger partial charge in [0.15, 0.2) is 0 Å². The first-order valence-electron chi connectivity index (χ1n) is 6.12. The number of aromatic nitrogens is 2. The Hall–Kier alpha value is -2.49. The van der Waals surface area contributed by atoms with Crippen LogP contribution in [-0.4, -0.2) is 22.8 Å². The van der Waals surface area contributed by atoms with Gasteiger partial charge in [-0.05, 0) is 31.2 Å². The van der Waals surface area contributed by atoms with Crippen LogP contribution in [0.4, 0.5) is 0 Å². The van der Waals surface area contributed by atoms with Crippen molar-refractivity contribution in [3.8, 4) is 0 Å². The first kappa shape index (κ1) is 11.6. The number of carbonyl (C=O) groups excluding carboxylic acids is 1. The highest BCUT2D eigenvalue weighted by atomic mass is 16.5. The molecule has 4 nitrogen and oxygen atoms in total. The molecule has 0 aliphatic heterocycles. The van der Waals surface area contributed by atoms with E-state index in [-0.39, 0.29) is 5.97 Å². The van der Waals surface area contributed by atoms with E-state index in [9.17, 15) is 4.79 Å². The number of fused-ring (bicyclic) bond motifs is 3. The van der Waals surface area contributed by atoms with Gasteiger partial charge in [0.05, 0.1) is 23.2 Å². The molecule has 3 rings (SSSR count). The second-order valence-electron chi connectivity index (χ2n) is 4.17. The zero-order chi connectivity index (χ0) is 13.2. The molecule has 0 spiro atoms. The van der Waals surface area contributed by atoms with Crippen LogP contribution in [0.1, 0.15) is 17.3 Å². The van der Waals surface area contributed by atoms with Crippen molar-refractivity contribution in [3.63, 3.8) is 0 Å². The van der Waals surface area contributed by atoms with Crippen molar-refractivity contribution in [2.45, 2.75) is 6.92 Å². The Labute approximate surface area is 110 Å². The molecule has 4 heteroatoms. The Balaban J connectivity index is 2.25. The fourth-order valence-electron chi connectivity index (χ4n) is 2.08. The molecule has 3 aromatic rings. The zero-order valence-electron chi connectivity index (χ0n) is 10.5. The SMILES string of the molecule is CCOC(=O)c1ccc2nnc3ccccc3c2c1. The quantitative estimate of drug-likeness (QED) is 0.519. The van der Waals surface area contributed by atoms with Crippen LogP contribution in [0.3, 0.4) is 0 Å². The lowest BCUT2D eigenvalue weighted by Gasteiger charge is -2.05. The fraction of sp³-hybridized carbons (Fsp3) is 0.133. The zero-order valence-corrected chi connectivity index (χ0v) is 10.5. The monoisotopic (exact) mass is 252 g/mol. The van der Waals surface area contributed by atoms with Crippen LogP contribution in [0.5, 0.6) is 0 Å². The third-order valence-corrected chi connectivity index (χ3v) is 2.97. The minimum absolute atomic E-state index is 0.315. The second kappa shape index (κ2) is 4.65. The maximum Gasteiger partial charge on any atom is 0.338 e. The Bertz CT molecular complexity index is 768. The topological polar surface area (TPSA) is 52.1 Å². The average molecular weight is 252 g/mol. The minimum Gasteiger partial charge on any atom is -0.462 e. The molecule has 0 atom stereocenters. The predicted octanol–water partition coefficient (Wildman–Crippen LogP) is 2.96. The summed E-state index contributed by atoms with van der Waals surface area (Å²) in [4.78, 5) is 11.8. The van der Waals surface area contributed by atoms with Crippen molar-refractivity contribution in [3.05, 3.63) is 48.0 Å². The lowest BCUT2D eigenvalue weighted by Crippen LogP contribution is -2.04. The molecule has 0 N–H and O–H groups in total. The van der Waals surface area contributed by atoms with Gasteiger partial charge in [0.2, 0.25) is 0 Å². The van der Waals surface area contributed by atoms with Crippen LogP contribution >= 0.6 is 0 Å². The van der Waals surface area contributed by atoms with E-state index in [1.165, 1.54) is 0 Å². The van der Waals surface area contributed by atoms with Crippen LogP contribution in [0.25, 0.3) is 21.8 Å². The summed E-state index contributed by atoms with van der Waals surface area (Å²) in [7, 11) is 0. The third-order valence-electron chi connectivity index (χ3n) is 2.97. The van der Waals surface area contributed by atoms with Crippen LogP contribution in [0, 0.1) is 0 Å². The van der Waals surface area contributed by atoms with Gasteiger partial charge in [0.25, 0.3) is 0 Å². The van der Waals surface area contributed by atoms with Gasteiger partial charge in [-0.2, -0.15) is 0 Å². The van der Waals surface area contributed by atoms with Gasteiger partial charge >= 0.3 is 5.97 Å². The van der Waals surface area contributed by atoms with Gasteiger partial charge in [-0.3, -0.25) is 0 Å². The molecular weight excluding hydrogens is 240 g/mol. The normalized spacial score (nSPS) is 10.8. The first-order chi connectivity index (χ1) is 9.29. The minimum atomic E-state index is -0.315. The van der Waals surface area contributed by atoms with Crippen molar-refractivity contribution in [2.24, 2.45) is 0 Å². The van der Waals surface area contributed by atoms with E-state index in [1.807, 2.05) is 30.3 Å². The number of ether oxygens (including phenoxy) is 1. The van der Waals surface area contributed by atoms with Gasteiger partial charge in [0.1, 0.15) is 0 Å². The molecule has 0 unspecified atom stereocenters. The number of carbonyl (C=O) groups is 1. The van der Waals surface area contributed by atoms with Crippen molar-refractivity contribution < 1.29 is 9.53 Å². The van der Waals surface area contributed by atoms with Crippen molar-refractivity contribution in [1.29, 1.82) is 0 Å². The average Bonchev–Trinajstić information content (AvgIpc) is 2.47. The van der Waals surface area contributed by atoms with Crippen LogP contribution < -0.4 is 0 Å². The van der Waals surface area contributed by atoms with E-state index < -0.39 is 0 Å². The molecule has 94 valence electrons. The van der Waals surface area contributed by atoms with E-state index in [1.54, 1.807) is 19.1 Å². The molecule has 0 aliphatic rings. The smallest absolute Gasteiger partial charge is 0.338 e. The summed E-state index contributed by atoms with van der Waals surface area (Å²) in [5.41, 5.74) is 2.12.